The Morgan fingerprint density at radius 3 is 2.81 bits per heavy atom. The van der Waals surface area contributed by atoms with Gasteiger partial charge in [-0.25, -0.2) is 19.9 Å². The number of nitrogens with zero attached hydrogens (tertiary/aromatic N) is 5. The molecule has 6 rings (SSSR count). The summed E-state index contributed by atoms with van der Waals surface area (Å²) in [6, 6.07) is 7.74. The van der Waals surface area contributed by atoms with Crippen molar-refractivity contribution in [2.45, 2.75) is 43.9 Å². The van der Waals surface area contributed by atoms with Gasteiger partial charge in [0.05, 0.1) is 23.0 Å². The highest BCUT2D eigenvalue weighted by atomic mass is 16.3. The number of aliphatic hydroxyl groups is 2. The molecule has 2 aliphatic rings. The number of rotatable bonds is 4. The lowest BCUT2D eigenvalue weighted by atomic mass is 9.58. The molecule has 3 heterocycles. The van der Waals surface area contributed by atoms with Gasteiger partial charge < -0.3 is 26.2 Å². The number of fused-ring (bicyclic) bond motifs is 3. The van der Waals surface area contributed by atoms with E-state index in [0.717, 1.165) is 47.5 Å². The van der Waals surface area contributed by atoms with Gasteiger partial charge in [0.2, 0.25) is 5.95 Å². The van der Waals surface area contributed by atoms with Crippen LogP contribution in [0, 0.1) is 11.3 Å². The first-order valence-electron chi connectivity index (χ1n) is 10.9. The number of aryl methyl sites for hydroxylation is 1. The molecule has 0 aliphatic heterocycles. The summed E-state index contributed by atoms with van der Waals surface area (Å²) >= 11 is 0. The number of anilines is 2. The maximum absolute atomic E-state index is 11.2. The lowest BCUT2D eigenvalue weighted by molar-refractivity contribution is -0.0742. The summed E-state index contributed by atoms with van der Waals surface area (Å²) in [5, 5.41) is 24.0. The van der Waals surface area contributed by atoms with Crippen LogP contribution >= 0.6 is 0 Å². The molecule has 4 aromatic rings. The second-order valence-electron chi connectivity index (χ2n) is 9.14. The molecular formula is C23H25N7O2. The van der Waals surface area contributed by atoms with Gasteiger partial charge in [-0.1, -0.05) is 12.1 Å². The van der Waals surface area contributed by atoms with Crippen molar-refractivity contribution in [3.63, 3.8) is 0 Å². The van der Waals surface area contributed by atoms with Gasteiger partial charge in [0, 0.05) is 23.2 Å². The number of aromatic nitrogens is 5. The third kappa shape index (κ3) is 2.64. The Kier molecular flexibility index (Phi) is 4.15. The Morgan fingerprint density at radius 1 is 1.12 bits per heavy atom. The SMILES string of the molecule is Nc1ncc2ccc(CC[C@@]34CC[C@@H]3[C@@H](n3ccc5c(N)ncnc53)[C@H](O)[C@@H]4O)cc2n1. The van der Waals surface area contributed by atoms with Crippen LogP contribution in [0.15, 0.2) is 43.0 Å². The summed E-state index contributed by atoms with van der Waals surface area (Å²) in [7, 11) is 0. The quantitative estimate of drug-likeness (QED) is 0.382. The summed E-state index contributed by atoms with van der Waals surface area (Å²) in [5.41, 5.74) is 14.1. The number of nitrogen functional groups attached to an aromatic ring is 2. The van der Waals surface area contributed by atoms with E-state index in [2.05, 4.69) is 26.0 Å². The first kappa shape index (κ1) is 19.4. The minimum absolute atomic E-state index is 0.165. The monoisotopic (exact) mass is 431 g/mol. The Labute approximate surface area is 184 Å². The van der Waals surface area contributed by atoms with E-state index >= 15 is 0 Å². The summed E-state index contributed by atoms with van der Waals surface area (Å²) in [4.78, 5) is 16.8. The molecule has 2 saturated carbocycles. The van der Waals surface area contributed by atoms with Crippen LogP contribution in [-0.2, 0) is 6.42 Å². The molecule has 2 fully saturated rings. The van der Waals surface area contributed by atoms with E-state index in [1.54, 1.807) is 6.20 Å². The van der Waals surface area contributed by atoms with Gasteiger partial charge >= 0.3 is 0 Å². The van der Waals surface area contributed by atoms with Crippen molar-refractivity contribution in [1.82, 2.24) is 24.5 Å². The average Bonchev–Trinajstić information content (AvgIpc) is 3.25. The van der Waals surface area contributed by atoms with E-state index in [1.165, 1.54) is 6.33 Å². The number of aliphatic hydroxyl groups excluding tert-OH is 2. The largest absolute Gasteiger partial charge is 0.390 e. The van der Waals surface area contributed by atoms with Crippen molar-refractivity contribution in [1.29, 1.82) is 0 Å². The number of benzene rings is 1. The zero-order valence-corrected chi connectivity index (χ0v) is 17.5. The fourth-order valence-corrected chi connectivity index (χ4v) is 5.99. The van der Waals surface area contributed by atoms with Gasteiger partial charge in [0.15, 0.2) is 0 Å². The van der Waals surface area contributed by atoms with Gasteiger partial charge in [0.25, 0.3) is 0 Å². The van der Waals surface area contributed by atoms with E-state index in [1.807, 2.05) is 29.0 Å². The number of hydrogen-bond donors (Lipinski definition) is 4. The van der Waals surface area contributed by atoms with Crippen LogP contribution in [0.2, 0.25) is 0 Å². The molecule has 6 N–H and O–H groups in total. The average molecular weight is 432 g/mol. The maximum atomic E-state index is 11.2. The van der Waals surface area contributed by atoms with Gasteiger partial charge in [-0.05, 0) is 49.3 Å². The van der Waals surface area contributed by atoms with E-state index in [-0.39, 0.29) is 23.3 Å². The highest BCUT2D eigenvalue weighted by molar-refractivity contribution is 5.86. The van der Waals surface area contributed by atoms with Crippen LogP contribution < -0.4 is 11.5 Å². The van der Waals surface area contributed by atoms with Crippen LogP contribution in [0.1, 0.15) is 30.9 Å². The van der Waals surface area contributed by atoms with E-state index in [4.69, 9.17) is 11.5 Å². The zero-order chi connectivity index (χ0) is 22.0. The lowest BCUT2D eigenvalue weighted by Crippen LogP contribution is -2.46. The molecule has 0 saturated heterocycles. The van der Waals surface area contributed by atoms with Crippen LogP contribution in [0.4, 0.5) is 11.8 Å². The molecular weight excluding hydrogens is 406 g/mol. The molecule has 5 atom stereocenters. The standard InChI is InChI=1S/C23H25N7O2/c24-20-14-5-8-30(21(14)28-11-27-20)17-15-4-7-23(15,19(32)18(17)31)6-3-12-1-2-13-10-26-22(25)29-16(13)9-12/h1-2,5,8-11,15,17-19,31-32H,3-4,6-7H2,(H2,24,27,28)(H2,25,26,29)/t15-,17-,18+,19+,23-/m1/s1. The maximum Gasteiger partial charge on any atom is 0.220 e. The van der Waals surface area contributed by atoms with Crippen LogP contribution in [0.25, 0.3) is 21.9 Å². The van der Waals surface area contributed by atoms with Crippen molar-refractivity contribution in [3.8, 4) is 0 Å². The Morgan fingerprint density at radius 2 is 2.00 bits per heavy atom. The molecule has 164 valence electrons. The summed E-state index contributed by atoms with van der Waals surface area (Å²) in [6.07, 6.45) is 6.84. The van der Waals surface area contributed by atoms with Crippen molar-refractivity contribution >= 4 is 33.7 Å². The van der Waals surface area contributed by atoms with E-state index in [9.17, 15) is 10.2 Å². The summed E-state index contributed by atoms with van der Waals surface area (Å²) in [6.45, 7) is 0. The number of hydrogen-bond acceptors (Lipinski definition) is 8. The highest BCUT2D eigenvalue weighted by Gasteiger charge is 2.64. The van der Waals surface area contributed by atoms with Crippen LogP contribution in [0.5, 0.6) is 0 Å². The molecule has 2 aliphatic carbocycles. The van der Waals surface area contributed by atoms with Crippen molar-refractivity contribution in [2.75, 3.05) is 11.5 Å². The molecule has 3 aromatic heterocycles. The molecule has 0 amide bonds. The van der Waals surface area contributed by atoms with Crippen molar-refractivity contribution in [3.05, 3.63) is 48.5 Å². The third-order valence-electron chi connectivity index (χ3n) is 7.74. The minimum atomic E-state index is -0.863. The van der Waals surface area contributed by atoms with Gasteiger partial charge in [-0.15, -0.1) is 0 Å². The Hall–Kier alpha value is -3.30. The predicted molar refractivity (Wildman–Crippen MR) is 120 cm³/mol. The fourth-order valence-electron chi connectivity index (χ4n) is 5.99. The second kappa shape index (κ2) is 6.85. The van der Waals surface area contributed by atoms with Gasteiger partial charge in [0.1, 0.15) is 23.9 Å². The molecule has 9 nitrogen and oxygen atoms in total. The van der Waals surface area contributed by atoms with Gasteiger partial charge in [-0.3, -0.25) is 0 Å². The summed E-state index contributed by atoms with van der Waals surface area (Å²) in [5.74, 6) is 0.841. The van der Waals surface area contributed by atoms with E-state index < -0.39 is 12.2 Å². The van der Waals surface area contributed by atoms with Crippen LogP contribution in [0.3, 0.4) is 0 Å². The predicted octanol–water partition coefficient (Wildman–Crippen LogP) is 1.84. The normalized spacial score (nSPS) is 29.3. The molecule has 0 unspecified atom stereocenters. The molecule has 9 heteroatoms. The van der Waals surface area contributed by atoms with Gasteiger partial charge in [-0.2, -0.15) is 0 Å². The Bertz CT molecular complexity index is 1340. The first-order chi connectivity index (χ1) is 15.5. The topological polar surface area (TPSA) is 149 Å². The van der Waals surface area contributed by atoms with Crippen molar-refractivity contribution < 1.29 is 10.2 Å². The molecule has 0 bridgehead atoms. The minimum Gasteiger partial charge on any atom is -0.390 e. The molecule has 0 radical (unpaired) electrons. The highest BCUT2D eigenvalue weighted by Crippen LogP contribution is 2.64. The zero-order valence-electron chi connectivity index (χ0n) is 17.5. The molecule has 0 spiro atoms. The fraction of sp³-hybridized carbons (Fsp3) is 0.391. The number of nitrogens with two attached hydrogens (primary N) is 2. The van der Waals surface area contributed by atoms with E-state index in [0.29, 0.717) is 11.5 Å². The van der Waals surface area contributed by atoms with Crippen molar-refractivity contribution in [2.24, 2.45) is 11.3 Å². The second-order valence-corrected chi connectivity index (χ2v) is 9.14. The smallest absolute Gasteiger partial charge is 0.220 e. The third-order valence-corrected chi connectivity index (χ3v) is 7.74. The summed E-state index contributed by atoms with van der Waals surface area (Å²) < 4.78 is 1.97. The Balaban J connectivity index is 1.30. The molecule has 32 heavy (non-hydrogen) atoms. The lowest BCUT2D eigenvalue weighted by Gasteiger charge is -2.48. The molecule has 1 aromatic carbocycles. The first-order valence-corrected chi connectivity index (χ1v) is 10.9. The van der Waals surface area contributed by atoms with Crippen LogP contribution in [-0.4, -0.2) is 46.9 Å².